The van der Waals surface area contributed by atoms with E-state index in [1.54, 1.807) is 11.3 Å². The normalized spacial score (nSPS) is 24.9. The number of aryl methyl sites for hydroxylation is 1. The maximum atomic E-state index is 12.9. The van der Waals surface area contributed by atoms with Crippen molar-refractivity contribution < 1.29 is 4.79 Å². The van der Waals surface area contributed by atoms with E-state index >= 15 is 0 Å². The molecule has 26 heavy (non-hydrogen) atoms. The minimum Gasteiger partial charge on any atom is -0.346 e. The molecule has 5 heterocycles. The topological polar surface area (TPSA) is 73.9 Å². The van der Waals surface area contributed by atoms with Crippen molar-refractivity contribution >= 4 is 28.1 Å². The molecule has 6 nitrogen and oxygen atoms in total. The predicted molar refractivity (Wildman–Crippen MR) is 102 cm³/mol. The van der Waals surface area contributed by atoms with Gasteiger partial charge in [-0.15, -0.1) is 11.3 Å². The van der Waals surface area contributed by atoms with Gasteiger partial charge in [0.2, 0.25) is 0 Å². The first kappa shape index (κ1) is 16.0. The fourth-order valence-corrected chi connectivity index (χ4v) is 4.97. The summed E-state index contributed by atoms with van der Waals surface area (Å²) in [7, 11) is 0. The molecular formula is C19H21N5OS. The molecular weight excluding hydrogens is 346 g/mol. The van der Waals surface area contributed by atoms with Crippen LogP contribution in [0, 0.1) is 12.8 Å². The van der Waals surface area contributed by atoms with Crippen LogP contribution in [0.4, 0.5) is 0 Å². The van der Waals surface area contributed by atoms with Gasteiger partial charge in [0.15, 0.2) is 5.69 Å². The first-order valence-corrected chi connectivity index (χ1v) is 9.99. The summed E-state index contributed by atoms with van der Waals surface area (Å²) in [5.74, 6) is 0.519. The average molecular weight is 367 g/mol. The second-order valence-corrected chi connectivity index (χ2v) is 8.20. The number of nitrogens with one attached hydrogen (secondary N) is 2. The van der Waals surface area contributed by atoms with Crippen LogP contribution in [0.5, 0.6) is 0 Å². The number of aromatic amines is 1. The van der Waals surface area contributed by atoms with Gasteiger partial charge in [0.25, 0.3) is 5.91 Å². The van der Waals surface area contributed by atoms with Gasteiger partial charge >= 0.3 is 0 Å². The highest BCUT2D eigenvalue weighted by Crippen LogP contribution is 2.29. The number of rotatable bonds is 3. The molecule has 3 aromatic rings. The molecule has 6 rings (SSSR count). The van der Waals surface area contributed by atoms with Crippen LogP contribution in [0.2, 0.25) is 0 Å². The molecule has 3 aliphatic rings. The highest BCUT2D eigenvalue weighted by molar-refractivity contribution is 7.13. The zero-order valence-electron chi connectivity index (χ0n) is 14.7. The summed E-state index contributed by atoms with van der Waals surface area (Å²) < 4.78 is 0. The fourth-order valence-electron chi connectivity index (χ4n) is 4.17. The van der Waals surface area contributed by atoms with E-state index in [0.29, 0.717) is 11.6 Å². The number of thiazole rings is 1. The van der Waals surface area contributed by atoms with Gasteiger partial charge in [0.05, 0.1) is 5.52 Å². The van der Waals surface area contributed by atoms with E-state index in [1.165, 1.54) is 25.9 Å². The molecule has 0 aliphatic carbocycles. The van der Waals surface area contributed by atoms with Crippen molar-refractivity contribution in [2.75, 3.05) is 19.6 Å². The van der Waals surface area contributed by atoms with Crippen molar-refractivity contribution in [2.24, 2.45) is 5.92 Å². The molecule has 0 spiro atoms. The van der Waals surface area contributed by atoms with Gasteiger partial charge in [0, 0.05) is 34.6 Å². The zero-order chi connectivity index (χ0) is 17.7. The molecule has 2 N–H and O–H groups in total. The van der Waals surface area contributed by atoms with Gasteiger partial charge in [0.1, 0.15) is 5.01 Å². The molecule has 134 valence electrons. The Hall–Kier alpha value is -2.25. The number of amides is 1. The van der Waals surface area contributed by atoms with Gasteiger partial charge < -0.3 is 10.2 Å². The van der Waals surface area contributed by atoms with Crippen LogP contribution in [0.3, 0.4) is 0 Å². The Balaban J connectivity index is 1.43. The molecule has 3 fully saturated rings. The van der Waals surface area contributed by atoms with Crippen molar-refractivity contribution in [1.82, 2.24) is 25.4 Å². The van der Waals surface area contributed by atoms with E-state index in [4.69, 9.17) is 0 Å². The molecule has 0 unspecified atom stereocenters. The largest absolute Gasteiger partial charge is 0.346 e. The number of fused-ring (bicyclic) bond motifs is 4. The Labute approximate surface area is 155 Å². The van der Waals surface area contributed by atoms with Crippen LogP contribution in [0.15, 0.2) is 23.6 Å². The quantitative estimate of drug-likeness (QED) is 0.747. The second-order valence-electron chi connectivity index (χ2n) is 7.34. The van der Waals surface area contributed by atoms with Gasteiger partial charge in [-0.05, 0) is 57.0 Å². The number of benzene rings is 1. The third kappa shape index (κ3) is 2.71. The molecule has 2 aromatic heterocycles. The summed E-state index contributed by atoms with van der Waals surface area (Å²) in [6, 6.07) is 6.25. The Bertz CT molecular complexity index is 969. The second kappa shape index (κ2) is 6.17. The standard InChI is InChI=1S/C19H21N5OS/c1-11-10-26-19(20-11)13-2-3-15-14(8-13)17(23-22-15)18(25)21-16-9-24-6-4-12(16)5-7-24/h2-3,8,10,12,16H,4-7,9H2,1H3,(H,21,25)(H,22,23)/t16-/m0/s1. The van der Waals surface area contributed by atoms with E-state index in [1.807, 2.05) is 30.5 Å². The fraction of sp³-hybridized carbons (Fsp3) is 0.421. The van der Waals surface area contributed by atoms with Crippen molar-refractivity contribution in [3.05, 3.63) is 35.0 Å². The lowest BCUT2D eigenvalue weighted by Crippen LogP contribution is -2.57. The first-order chi connectivity index (χ1) is 12.7. The van der Waals surface area contributed by atoms with Crippen LogP contribution >= 0.6 is 11.3 Å². The molecule has 3 saturated heterocycles. The van der Waals surface area contributed by atoms with Crippen LogP contribution in [0.1, 0.15) is 29.0 Å². The van der Waals surface area contributed by atoms with E-state index < -0.39 is 0 Å². The Morgan fingerprint density at radius 1 is 1.35 bits per heavy atom. The Kier molecular flexibility index (Phi) is 3.79. The lowest BCUT2D eigenvalue weighted by molar-refractivity contribution is 0.0618. The van der Waals surface area contributed by atoms with E-state index in [0.717, 1.165) is 33.7 Å². The number of H-pyrrole nitrogens is 1. The number of hydrogen-bond acceptors (Lipinski definition) is 5. The van der Waals surface area contributed by atoms with Crippen LogP contribution in [-0.4, -0.2) is 51.7 Å². The molecule has 3 aliphatic heterocycles. The van der Waals surface area contributed by atoms with Crippen molar-refractivity contribution in [3.8, 4) is 10.6 Å². The van der Waals surface area contributed by atoms with Gasteiger partial charge in [-0.3, -0.25) is 9.89 Å². The summed E-state index contributed by atoms with van der Waals surface area (Å²) in [5, 5.41) is 14.4. The van der Waals surface area contributed by atoms with E-state index in [2.05, 4.69) is 25.4 Å². The van der Waals surface area contributed by atoms with E-state index in [-0.39, 0.29) is 11.9 Å². The van der Waals surface area contributed by atoms with Crippen LogP contribution in [-0.2, 0) is 0 Å². The maximum Gasteiger partial charge on any atom is 0.272 e. The number of aromatic nitrogens is 3. The summed E-state index contributed by atoms with van der Waals surface area (Å²) in [6.45, 7) is 5.28. The summed E-state index contributed by atoms with van der Waals surface area (Å²) in [5.41, 5.74) is 3.39. The highest BCUT2D eigenvalue weighted by atomic mass is 32.1. The molecule has 1 amide bonds. The van der Waals surface area contributed by atoms with Crippen LogP contribution < -0.4 is 5.32 Å². The van der Waals surface area contributed by atoms with Crippen molar-refractivity contribution in [2.45, 2.75) is 25.8 Å². The first-order valence-electron chi connectivity index (χ1n) is 9.11. The molecule has 0 radical (unpaired) electrons. The average Bonchev–Trinajstić information content (AvgIpc) is 3.28. The molecule has 1 aromatic carbocycles. The molecule has 0 saturated carbocycles. The number of carbonyl (C=O) groups is 1. The third-order valence-electron chi connectivity index (χ3n) is 5.62. The molecule has 2 bridgehead atoms. The predicted octanol–water partition coefficient (Wildman–Crippen LogP) is 2.82. The maximum absolute atomic E-state index is 12.9. The summed E-state index contributed by atoms with van der Waals surface area (Å²) in [4.78, 5) is 19.9. The summed E-state index contributed by atoms with van der Waals surface area (Å²) >= 11 is 1.62. The lowest BCUT2D eigenvalue weighted by atomic mass is 9.84. The number of hydrogen-bond donors (Lipinski definition) is 2. The smallest absolute Gasteiger partial charge is 0.272 e. The van der Waals surface area contributed by atoms with Gasteiger partial charge in [-0.2, -0.15) is 5.10 Å². The zero-order valence-corrected chi connectivity index (χ0v) is 15.5. The molecule has 7 heteroatoms. The highest BCUT2D eigenvalue weighted by Gasteiger charge is 2.35. The van der Waals surface area contributed by atoms with Gasteiger partial charge in [-0.1, -0.05) is 0 Å². The Morgan fingerprint density at radius 2 is 2.19 bits per heavy atom. The SMILES string of the molecule is Cc1csc(-c2ccc3[nH]nc(C(=O)N[C@H]4CN5CCC4CC5)c3c2)n1. The number of carbonyl (C=O) groups excluding carboxylic acids is 1. The van der Waals surface area contributed by atoms with Crippen molar-refractivity contribution in [3.63, 3.8) is 0 Å². The lowest BCUT2D eigenvalue weighted by Gasteiger charge is -2.44. The Morgan fingerprint density at radius 3 is 2.88 bits per heavy atom. The summed E-state index contributed by atoms with van der Waals surface area (Å²) in [6.07, 6.45) is 2.36. The minimum absolute atomic E-state index is 0.0810. The monoisotopic (exact) mass is 367 g/mol. The van der Waals surface area contributed by atoms with E-state index in [9.17, 15) is 4.79 Å². The number of piperidine rings is 3. The molecule has 1 atom stereocenters. The third-order valence-corrected chi connectivity index (χ3v) is 6.63. The number of nitrogens with zero attached hydrogens (tertiary/aromatic N) is 3. The minimum atomic E-state index is -0.0810. The van der Waals surface area contributed by atoms with Gasteiger partial charge in [-0.25, -0.2) is 4.98 Å². The van der Waals surface area contributed by atoms with Crippen molar-refractivity contribution in [1.29, 1.82) is 0 Å². The van der Waals surface area contributed by atoms with Crippen LogP contribution in [0.25, 0.3) is 21.5 Å².